The van der Waals surface area contributed by atoms with Gasteiger partial charge in [0.2, 0.25) is 0 Å². The normalized spacial score (nSPS) is 11.2. The van der Waals surface area contributed by atoms with Crippen LogP contribution in [0.15, 0.2) is 42.5 Å². The maximum atomic E-state index is 11.3. The summed E-state index contributed by atoms with van der Waals surface area (Å²) in [6.07, 6.45) is 5.98. The number of hydrogen-bond acceptors (Lipinski definition) is 1. The molecule has 0 bridgehead atoms. The summed E-state index contributed by atoms with van der Waals surface area (Å²) in [4.78, 5) is 11.3. The van der Waals surface area contributed by atoms with E-state index >= 15 is 0 Å². The Morgan fingerprint density at radius 2 is 2.00 bits per heavy atom. The highest BCUT2D eigenvalue weighted by Crippen LogP contribution is 2.24. The second-order valence-corrected chi connectivity index (χ2v) is 4.24. The Kier molecular flexibility index (Phi) is 3.78. The minimum atomic E-state index is -0.878. The van der Waals surface area contributed by atoms with Crippen molar-refractivity contribution in [2.75, 3.05) is 0 Å². The van der Waals surface area contributed by atoms with E-state index in [4.69, 9.17) is 0 Å². The number of aromatic carboxylic acids is 1. The van der Waals surface area contributed by atoms with E-state index in [1.165, 1.54) is 0 Å². The van der Waals surface area contributed by atoms with Gasteiger partial charge in [-0.25, -0.2) is 4.79 Å². The Hall–Kier alpha value is -2.09. The molecule has 2 rings (SSSR count). The lowest BCUT2D eigenvalue weighted by Crippen LogP contribution is -1.99. The molecule has 0 spiro atoms. The number of unbranched alkanes of at least 4 members (excludes halogenated alkanes) is 1. The molecule has 0 aliphatic heterocycles. The summed E-state index contributed by atoms with van der Waals surface area (Å²) >= 11 is 0. The van der Waals surface area contributed by atoms with E-state index in [2.05, 4.69) is 6.92 Å². The first kappa shape index (κ1) is 12.4. The molecule has 2 aromatic carbocycles. The first-order chi connectivity index (χ1) is 8.74. The molecule has 0 fully saturated rings. The van der Waals surface area contributed by atoms with Crippen molar-refractivity contribution >= 4 is 22.8 Å². The Morgan fingerprint density at radius 1 is 1.22 bits per heavy atom. The standard InChI is InChI=1S/C16H16O2/c1-2-3-4-9-14-13-8-6-5-7-12(13)10-11-15(14)16(17)18/h4-11H,2-3H2,1H3,(H,17,18). The maximum Gasteiger partial charge on any atom is 0.336 e. The maximum absolute atomic E-state index is 11.3. The number of carbonyl (C=O) groups is 1. The van der Waals surface area contributed by atoms with Crippen LogP contribution in [-0.4, -0.2) is 11.1 Å². The van der Waals surface area contributed by atoms with Gasteiger partial charge in [0.1, 0.15) is 0 Å². The van der Waals surface area contributed by atoms with Crippen LogP contribution in [0.4, 0.5) is 0 Å². The van der Waals surface area contributed by atoms with Crippen molar-refractivity contribution in [3.63, 3.8) is 0 Å². The zero-order valence-corrected chi connectivity index (χ0v) is 10.4. The summed E-state index contributed by atoms with van der Waals surface area (Å²) in [5, 5.41) is 11.3. The fraction of sp³-hybridized carbons (Fsp3) is 0.188. The Bertz CT molecular complexity index is 597. The molecule has 0 aromatic heterocycles. The highest BCUT2D eigenvalue weighted by Gasteiger charge is 2.10. The average molecular weight is 240 g/mol. The van der Waals surface area contributed by atoms with Crippen molar-refractivity contribution in [2.45, 2.75) is 19.8 Å². The molecule has 18 heavy (non-hydrogen) atoms. The molecule has 1 N–H and O–H groups in total. The predicted octanol–water partition coefficient (Wildman–Crippen LogP) is 4.35. The van der Waals surface area contributed by atoms with Crippen molar-refractivity contribution in [2.24, 2.45) is 0 Å². The van der Waals surface area contributed by atoms with Crippen molar-refractivity contribution < 1.29 is 9.90 Å². The lowest BCUT2D eigenvalue weighted by Gasteiger charge is -2.06. The molecule has 0 saturated carbocycles. The smallest absolute Gasteiger partial charge is 0.336 e. The molecule has 2 aromatic rings. The number of carboxylic acids is 1. The van der Waals surface area contributed by atoms with Crippen LogP contribution in [0.5, 0.6) is 0 Å². The molecule has 0 amide bonds. The Labute approximate surface area is 107 Å². The molecule has 0 aliphatic rings. The number of hydrogen-bond donors (Lipinski definition) is 1. The van der Waals surface area contributed by atoms with Gasteiger partial charge in [0.15, 0.2) is 0 Å². The van der Waals surface area contributed by atoms with Gasteiger partial charge < -0.3 is 5.11 Å². The fourth-order valence-corrected chi connectivity index (χ4v) is 2.03. The van der Waals surface area contributed by atoms with Crippen LogP contribution in [0.1, 0.15) is 35.7 Å². The van der Waals surface area contributed by atoms with Gasteiger partial charge in [-0.05, 0) is 28.8 Å². The minimum Gasteiger partial charge on any atom is -0.478 e. The topological polar surface area (TPSA) is 37.3 Å². The second-order valence-electron chi connectivity index (χ2n) is 4.24. The summed E-state index contributed by atoms with van der Waals surface area (Å²) < 4.78 is 0. The molecule has 0 saturated heterocycles. The lowest BCUT2D eigenvalue weighted by atomic mass is 9.98. The van der Waals surface area contributed by atoms with Crippen molar-refractivity contribution in [1.29, 1.82) is 0 Å². The first-order valence-corrected chi connectivity index (χ1v) is 6.15. The zero-order chi connectivity index (χ0) is 13.0. The van der Waals surface area contributed by atoms with Crippen LogP contribution in [-0.2, 0) is 0 Å². The summed E-state index contributed by atoms with van der Waals surface area (Å²) in [5.41, 5.74) is 1.16. The van der Waals surface area contributed by atoms with Gasteiger partial charge in [0.25, 0.3) is 0 Å². The molecule has 2 heteroatoms. The fourth-order valence-electron chi connectivity index (χ4n) is 2.03. The van der Waals surface area contributed by atoms with Crippen LogP contribution in [0.3, 0.4) is 0 Å². The van der Waals surface area contributed by atoms with E-state index in [1.54, 1.807) is 6.07 Å². The molecule has 92 valence electrons. The molecule has 0 aliphatic carbocycles. The quantitative estimate of drug-likeness (QED) is 0.862. The molecule has 0 heterocycles. The van der Waals surface area contributed by atoms with Gasteiger partial charge >= 0.3 is 5.97 Å². The minimum absolute atomic E-state index is 0.362. The summed E-state index contributed by atoms with van der Waals surface area (Å²) in [6.45, 7) is 2.10. The highest BCUT2D eigenvalue weighted by atomic mass is 16.4. The van der Waals surface area contributed by atoms with Crippen LogP contribution in [0.2, 0.25) is 0 Å². The molecular formula is C16H16O2. The van der Waals surface area contributed by atoms with E-state index in [0.29, 0.717) is 5.56 Å². The molecular weight excluding hydrogens is 224 g/mol. The van der Waals surface area contributed by atoms with E-state index in [9.17, 15) is 9.90 Å². The second kappa shape index (κ2) is 5.50. The number of carboxylic acid groups (broad SMARTS) is 1. The Morgan fingerprint density at radius 3 is 2.72 bits per heavy atom. The molecule has 0 atom stereocenters. The van der Waals surface area contributed by atoms with Crippen molar-refractivity contribution in [3.05, 3.63) is 53.6 Å². The van der Waals surface area contributed by atoms with Crippen molar-refractivity contribution in [3.8, 4) is 0 Å². The zero-order valence-electron chi connectivity index (χ0n) is 10.4. The van der Waals surface area contributed by atoms with Gasteiger partial charge in [-0.2, -0.15) is 0 Å². The monoisotopic (exact) mass is 240 g/mol. The van der Waals surface area contributed by atoms with Gasteiger partial charge in [0, 0.05) is 0 Å². The third kappa shape index (κ3) is 2.43. The van der Waals surface area contributed by atoms with E-state index in [-0.39, 0.29) is 0 Å². The average Bonchev–Trinajstić information content (AvgIpc) is 2.38. The van der Waals surface area contributed by atoms with Gasteiger partial charge in [-0.1, -0.05) is 55.8 Å². The van der Waals surface area contributed by atoms with Crippen LogP contribution < -0.4 is 0 Å². The third-order valence-electron chi connectivity index (χ3n) is 2.94. The van der Waals surface area contributed by atoms with Crippen LogP contribution >= 0.6 is 0 Å². The van der Waals surface area contributed by atoms with Crippen molar-refractivity contribution in [1.82, 2.24) is 0 Å². The summed E-state index contributed by atoms with van der Waals surface area (Å²) in [6, 6.07) is 11.4. The predicted molar refractivity (Wildman–Crippen MR) is 74.8 cm³/mol. The van der Waals surface area contributed by atoms with E-state index in [0.717, 1.165) is 29.2 Å². The first-order valence-electron chi connectivity index (χ1n) is 6.15. The van der Waals surface area contributed by atoms with E-state index < -0.39 is 5.97 Å². The van der Waals surface area contributed by atoms with Crippen LogP contribution in [0, 0.1) is 0 Å². The van der Waals surface area contributed by atoms with E-state index in [1.807, 2.05) is 42.5 Å². The molecule has 2 nitrogen and oxygen atoms in total. The SMILES string of the molecule is CCCC=Cc1c(C(=O)O)ccc2ccccc12. The lowest BCUT2D eigenvalue weighted by molar-refractivity contribution is 0.0697. The van der Waals surface area contributed by atoms with Gasteiger partial charge in [0.05, 0.1) is 5.56 Å². The number of benzene rings is 2. The highest BCUT2D eigenvalue weighted by molar-refractivity contribution is 6.02. The van der Waals surface area contributed by atoms with Gasteiger partial charge in [-0.3, -0.25) is 0 Å². The third-order valence-corrected chi connectivity index (χ3v) is 2.94. The number of fused-ring (bicyclic) bond motifs is 1. The van der Waals surface area contributed by atoms with Gasteiger partial charge in [-0.15, -0.1) is 0 Å². The summed E-state index contributed by atoms with van der Waals surface area (Å²) in [5.74, 6) is -0.878. The Balaban J connectivity index is 2.62. The largest absolute Gasteiger partial charge is 0.478 e. The molecule has 0 radical (unpaired) electrons. The number of rotatable bonds is 4. The summed E-state index contributed by atoms with van der Waals surface area (Å²) in [7, 11) is 0. The van der Waals surface area contributed by atoms with Crippen LogP contribution in [0.25, 0.3) is 16.8 Å². The molecule has 0 unspecified atom stereocenters. The number of allylic oxidation sites excluding steroid dienone is 1.